The first-order valence-electron chi connectivity index (χ1n) is 6.34. The quantitative estimate of drug-likeness (QED) is 0.584. The Morgan fingerprint density at radius 2 is 1.50 bits per heavy atom. The van der Waals surface area contributed by atoms with Crippen molar-refractivity contribution in [3.05, 3.63) is 75.4 Å². The fourth-order valence-corrected chi connectivity index (χ4v) is 3.35. The SMILES string of the molecule is Brc1ccc(COc2ccc(-c3ccccc3)cc2)s1. The minimum Gasteiger partial charge on any atom is -0.488 e. The summed E-state index contributed by atoms with van der Waals surface area (Å²) in [6.07, 6.45) is 0. The van der Waals surface area contributed by atoms with Crippen LogP contribution in [0.3, 0.4) is 0 Å². The summed E-state index contributed by atoms with van der Waals surface area (Å²) in [5.74, 6) is 0.897. The van der Waals surface area contributed by atoms with Crippen molar-refractivity contribution in [3.63, 3.8) is 0 Å². The van der Waals surface area contributed by atoms with Gasteiger partial charge in [0, 0.05) is 4.88 Å². The first kappa shape index (κ1) is 13.4. The molecule has 0 saturated carbocycles. The third kappa shape index (κ3) is 3.30. The summed E-state index contributed by atoms with van der Waals surface area (Å²) in [6, 6.07) is 22.7. The van der Waals surface area contributed by atoms with Gasteiger partial charge in [-0.25, -0.2) is 0 Å². The van der Waals surface area contributed by atoms with Crippen LogP contribution in [0.5, 0.6) is 5.75 Å². The van der Waals surface area contributed by atoms with Gasteiger partial charge in [-0.1, -0.05) is 42.5 Å². The molecule has 2 aromatic carbocycles. The number of hydrogen-bond acceptors (Lipinski definition) is 2. The number of hydrogen-bond donors (Lipinski definition) is 0. The van der Waals surface area contributed by atoms with E-state index in [1.54, 1.807) is 11.3 Å². The van der Waals surface area contributed by atoms with Crippen LogP contribution in [-0.2, 0) is 6.61 Å². The number of thiophene rings is 1. The highest BCUT2D eigenvalue weighted by Crippen LogP contribution is 2.25. The van der Waals surface area contributed by atoms with Crippen molar-refractivity contribution < 1.29 is 4.74 Å². The molecule has 1 aromatic heterocycles. The highest BCUT2D eigenvalue weighted by atomic mass is 79.9. The smallest absolute Gasteiger partial charge is 0.122 e. The Labute approximate surface area is 131 Å². The van der Waals surface area contributed by atoms with Gasteiger partial charge in [-0.05, 0) is 51.3 Å². The van der Waals surface area contributed by atoms with Crippen LogP contribution in [0.15, 0.2) is 70.5 Å². The van der Waals surface area contributed by atoms with Gasteiger partial charge < -0.3 is 4.74 Å². The lowest BCUT2D eigenvalue weighted by atomic mass is 10.1. The van der Waals surface area contributed by atoms with E-state index >= 15 is 0 Å². The predicted octanol–water partition coefficient (Wildman–Crippen LogP) is 5.76. The lowest BCUT2D eigenvalue weighted by Crippen LogP contribution is -1.92. The molecule has 0 N–H and O–H groups in total. The van der Waals surface area contributed by atoms with Crippen LogP contribution >= 0.6 is 27.3 Å². The van der Waals surface area contributed by atoms with E-state index < -0.39 is 0 Å². The molecule has 0 radical (unpaired) electrons. The molecule has 0 atom stereocenters. The van der Waals surface area contributed by atoms with E-state index in [0.717, 1.165) is 9.54 Å². The van der Waals surface area contributed by atoms with Crippen molar-refractivity contribution in [1.29, 1.82) is 0 Å². The van der Waals surface area contributed by atoms with Gasteiger partial charge in [-0.2, -0.15) is 0 Å². The number of ether oxygens (including phenoxy) is 1. The minimum absolute atomic E-state index is 0.612. The second-order valence-corrected chi connectivity index (χ2v) is 6.93. The Balaban J connectivity index is 1.67. The molecule has 1 heterocycles. The first-order chi connectivity index (χ1) is 9.81. The molecule has 0 saturated heterocycles. The van der Waals surface area contributed by atoms with E-state index in [0.29, 0.717) is 6.61 Å². The molecule has 0 bridgehead atoms. The van der Waals surface area contributed by atoms with Gasteiger partial charge in [-0.3, -0.25) is 0 Å². The van der Waals surface area contributed by atoms with E-state index in [9.17, 15) is 0 Å². The normalized spacial score (nSPS) is 10.4. The van der Waals surface area contributed by atoms with Gasteiger partial charge in [0.25, 0.3) is 0 Å². The number of halogens is 1. The van der Waals surface area contributed by atoms with E-state index in [-0.39, 0.29) is 0 Å². The van der Waals surface area contributed by atoms with Gasteiger partial charge in [0.2, 0.25) is 0 Å². The van der Waals surface area contributed by atoms with Gasteiger partial charge >= 0.3 is 0 Å². The van der Waals surface area contributed by atoms with E-state index in [2.05, 4.69) is 46.3 Å². The van der Waals surface area contributed by atoms with Gasteiger partial charge in [0.15, 0.2) is 0 Å². The van der Waals surface area contributed by atoms with Crippen molar-refractivity contribution in [2.45, 2.75) is 6.61 Å². The molecule has 100 valence electrons. The third-order valence-corrected chi connectivity index (χ3v) is 4.57. The molecular weight excluding hydrogens is 332 g/mol. The Bertz CT molecular complexity index is 674. The zero-order valence-electron chi connectivity index (χ0n) is 10.8. The maximum Gasteiger partial charge on any atom is 0.122 e. The Morgan fingerprint density at radius 1 is 0.800 bits per heavy atom. The highest BCUT2D eigenvalue weighted by Gasteiger charge is 2.01. The summed E-state index contributed by atoms with van der Waals surface area (Å²) >= 11 is 5.16. The van der Waals surface area contributed by atoms with Crippen molar-refractivity contribution in [2.24, 2.45) is 0 Å². The van der Waals surface area contributed by atoms with Crippen LogP contribution in [-0.4, -0.2) is 0 Å². The first-order valence-corrected chi connectivity index (χ1v) is 7.95. The highest BCUT2D eigenvalue weighted by molar-refractivity contribution is 9.11. The Kier molecular flexibility index (Phi) is 4.19. The summed E-state index contributed by atoms with van der Waals surface area (Å²) in [5.41, 5.74) is 2.43. The fraction of sp³-hybridized carbons (Fsp3) is 0.0588. The van der Waals surface area contributed by atoms with Crippen molar-refractivity contribution >= 4 is 27.3 Å². The molecule has 0 aliphatic heterocycles. The topological polar surface area (TPSA) is 9.23 Å². The monoisotopic (exact) mass is 344 g/mol. The van der Waals surface area contributed by atoms with Crippen molar-refractivity contribution in [1.82, 2.24) is 0 Å². The molecule has 1 nitrogen and oxygen atoms in total. The zero-order valence-corrected chi connectivity index (χ0v) is 13.2. The van der Waals surface area contributed by atoms with E-state index in [4.69, 9.17) is 4.74 Å². The summed E-state index contributed by atoms with van der Waals surface area (Å²) in [5, 5.41) is 0. The van der Waals surface area contributed by atoms with Crippen LogP contribution in [0.1, 0.15) is 4.88 Å². The molecule has 0 aliphatic carbocycles. The molecule has 3 heteroatoms. The summed E-state index contributed by atoms with van der Waals surface area (Å²) in [6.45, 7) is 0.612. The lowest BCUT2D eigenvalue weighted by molar-refractivity contribution is 0.310. The lowest BCUT2D eigenvalue weighted by Gasteiger charge is -2.06. The van der Waals surface area contributed by atoms with Crippen molar-refractivity contribution in [2.75, 3.05) is 0 Å². The summed E-state index contributed by atoms with van der Waals surface area (Å²) < 4.78 is 6.92. The van der Waals surface area contributed by atoms with Crippen LogP contribution in [0, 0.1) is 0 Å². The average Bonchev–Trinajstić information content (AvgIpc) is 2.92. The van der Waals surface area contributed by atoms with Crippen molar-refractivity contribution in [3.8, 4) is 16.9 Å². The molecule has 0 aliphatic rings. The van der Waals surface area contributed by atoms with Gasteiger partial charge in [0.05, 0.1) is 3.79 Å². The molecule has 0 amide bonds. The molecule has 0 unspecified atom stereocenters. The molecular formula is C17H13BrOS. The molecule has 0 fully saturated rings. The number of rotatable bonds is 4. The summed E-state index contributed by atoms with van der Waals surface area (Å²) in [7, 11) is 0. The fourth-order valence-electron chi connectivity index (χ4n) is 1.96. The molecule has 3 aromatic rings. The van der Waals surface area contributed by atoms with Crippen LogP contribution < -0.4 is 4.74 Å². The Hall–Kier alpha value is -1.58. The minimum atomic E-state index is 0.612. The number of benzene rings is 2. The maximum absolute atomic E-state index is 5.79. The second-order valence-electron chi connectivity index (χ2n) is 4.38. The van der Waals surface area contributed by atoms with E-state index in [1.807, 2.05) is 36.4 Å². The zero-order chi connectivity index (χ0) is 13.8. The molecule has 20 heavy (non-hydrogen) atoms. The predicted molar refractivity (Wildman–Crippen MR) is 88.2 cm³/mol. The van der Waals surface area contributed by atoms with Gasteiger partial charge in [-0.15, -0.1) is 11.3 Å². The van der Waals surface area contributed by atoms with Gasteiger partial charge in [0.1, 0.15) is 12.4 Å². The molecule has 3 rings (SSSR count). The Morgan fingerprint density at radius 3 is 2.15 bits per heavy atom. The summed E-state index contributed by atoms with van der Waals surface area (Å²) in [4.78, 5) is 1.21. The molecule has 0 spiro atoms. The largest absolute Gasteiger partial charge is 0.488 e. The standard InChI is InChI=1S/C17H13BrOS/c18-17-11-10-16(20-17)12-19-15-8-6-14(7-9-15)13-4-2-1-3-5-13/h1-11H,12H2. The average molecular weight is 345 g/mol. The van der Waals surface area contributed by atoms with Crippen LogP contribution in [0.4, 0.5) is 0 Å². The maximum atomic E-state index is 5.79. The van der Waals surface area contributed by atoms with Crippen LogP contribution in [0.2, 0.25) is 0 Å². The van der Waals surface area contributed by atoms with Crippen LogP contribution in [0.25, 0.3) is 11.1 Å². The third-order valence-electron chi connectivity index (χ3n) is 2.97. The second kappa shape index (κ2) is 6.25. The van der Waals surface area contributed by atoms with E-state index in [1.165, 1.54) is 16.0 Å².